The smallest absolute Gasteiger partial charge is 0.257 e. The van der Waals surface area contributed by atoms with Crippen LogP contribution in [0.2, 0.25) is 0 Å². The van der Waals surface area contributed by atoms with Crippen molar-refractivity contribution in [1.82, 2.24) is 4.98 Å². The van der Waals surface area contributed by atoms with Crippen LogP contribution in [0, 0.1) is 0 Å². The molecule has 0 atom stereocenters. The van der Waals surface area contributed by atoms with Crippen molar-refractivity contribution in [3.63, 3.8) is 0 Å². The van der Waals surface area contributed by atoms with Crippen LogP contribution >= 0.6 is 0 Å². The van der Waals surface area contributed by atoms with Crippen LogP contribution < -0.4 is 10.9 Å². The van der Waals surface area contributed by atoms with Crippen LogP contribution in [0.25, 0.3) is 10.9 Å². The third-order valence-corrected chi connectivity index (χ3v) is 4.46. The molecule has 1 heterocycles. The Morgan fingerprint density at radius 2 is 2.05 bits per heavy atom. The fourth-order valence-corrected chi connectivity index (χ4v) is 3.16. The van der Waals surface area contributed by atoms with Crippen LogP contribution in [0.3, 0.4) is 0 Å². The number of quaternary nitrogens is 1. The largest absolute Gasteiger partial charge is 0.340 e. The number of pyridine rings is 1. The fraction of sp³-hybridized carbons (Fsp3) is 0.471. The molecule has 1 aliphatic rings. The highest BCUT2D eigenvalue weighted by atomic mass is 16.1. The van der Waals surface area contributed by atoms with Gasteiger partial charge in [-0.25, -0.2) is 0 Å². The predicted molar refractivity (Wildman–Crippen MR) is 81.8 cm³/mol. The predicted octanol–water partition coefficient (Wildman–Crippen LogP) is 2.10. The molecule has 0 radical (unpaired) electrons. The van der Waals surface area contributed by atoms with E-state index < -0.39 is 0 Å². The van der Waals surface area contributed by atoms with Gasteiger partial charge in [-0.15, -0.1) is 0 Å². The van der Waals surface area contributed by atoms with Crippen molar-refractivity contribution in [3.8, 4) is 0 Å². The number of hydrogen-bond donors (Lipinski definition) is 2. The van der Waals surface area contributed by atoms with E-state index in [2.05, 4.69) is 35.4 Å². The molecule has 1 aromatic carbocycles. The second-order valence-corrected chi connectivity index (χ2v) is 5.88. The molecule has 0 spiro atoms. The van der Waals surface area contributed by atoms with Crippen molar-refractivity contribution in [2.45, 2.75) is 51.6 Å². The highest BCUT2D eigenvalue weighted by Crippen LogP contribution is 2.15. The van der Waals surface area contributed by atoms with Gasteiger partial charge in [-0.1, -0.05) is 13.0 Å². The first-order valence-electron chi connectivity index (χ1n) is 7.74. The summed E-state index contributed by atoms with van der Waals surface area (Å²) < 4.78 is 0. The molecule has 1 saturated carbocycles. The summed E-state index contributed by atoms with van der Waals surface area (Å²) in [5.74, 6) is 0. The molecule has 0 amide bonds. The number of rotatable bonds is 4. The average molecular weight is 271 g/mol. The topological polar surface area (TPSA) is 49.5 Å². The molecule has 1 aromatic heterocycles. The molecule has 0 aliphatic heterocycles. The lowest BCUT2D eigenvalue weighted by Gasteiger charge is -2.09. The SMILES string of the molecule is CCc1ccc2[nH]c(=O)c(C[NH2+]C3CCCC3)cc2c1. The zero-order valence-electron chi connectivity index (χ0n) is 12.1. The molecule has 3 nitrogen and oxygen atoms in total. The van der Waals surface area contributed by atoms with Gasteiger partial charge < -0.3 is 10.3 Å². The molecule has 1 fully saturated rings. The summed E-state index contributed by atoms with van der Waals surface area (Å²) in [5, 5.41) is 3.49. The van der Waals surface area contributed by atoms with E-state index in [9.17, 15) is 4.79 Å². The highest BCUT2D eigenvalue weighted by molar-refractivity contribution is 5.79. The number of H-pyrrole nitrogens is 1. The number of aryl methyl sites for hydroxylation is 1. The van der Waals surface area contributed by atoms with E-state index in [1.807, 2.05) is 6.07 Å². The Hall–Kier alpha value is -1.61. The molecule has 0 bridgehead atoms. The van der Waals surface area contributed by atoms with Gasteiger partial charge in [0.15, 0.2) is 0 Å². The third-order valence-electron chi connectivity index (χ3n) is 4.46. The molecule has 3 rings (SSSR count). The maximum atomic E-state index is 12.1. The Morgan fingerprint density at radius 3 is 2.80 bits per heavy atom. The number of fused-ring (bicyclic) bond motifs is 1. The number of benzene rings is 1. The van der Waals surface area contributed by atoms with E-state index >= 15 is 0 Å². The van der Waals surface area contributed by atoms with Crippen molar-refractivity contribution >= 4 is 10.9 Å². The van der Waals surface area contributed by atoms with Gasteiger partial charge in [-0.3, -0.25) is 4.79 Å². The van der Waals surface area contributed by atoms with E-state index in [4.69, 9.17) is 0 Å². The number of nitrogens with two attached hydrogens (primary N) is 1. The van der Waals surface area contributed by atoms with Crippen LogP contribution in [-0.2, 0) is 13.0 Å². The van der Waals surface area contributed by atoms with Crippen molar-refractivity contribution in [2.75, 3.05) is 0 Å². The summed E-state index contributed by atoms with van der Waals surface area (Å²) >= 11 is 0. The zero-order chi connectivity index (χ0) is 13.9. The van der Waals surface area contributed by atoms with E-state index in [0.29, 0.717) is 6.04 Å². The molecule has 3 heteroatoms. The molecular formula is C17H23N2O+. The van der Waals surface area contributed by atoms with E-state index in [1.54, 1.807) is 0 Å². The van der Waals surface area contributed by atoms with Crippen molar-refractivity contribution in [3.05, 3.63) is 45.7 Å². The molecule has 3 N–H and O–H groups in total. The van der Waals surface area contributed by atoms with Gasteiger partial charge in [0.05, 0.1) is 11.6 Å². The zero-order valence-corrected chi connectivity index (χ0v) is 12.1. The molecule has 2 aromatic rings. The summed E-state index contributed by atoms with van der Waals surface area (Å²) in [6.45, 7) is 2.95. The number of aromatic amines is 1. The molecular weight excluding hydrogens is 248 g/mol. The maximum absolute atomic E-state index is 12.1. The second kappa shape index (κ2) is 5.80. The molecule has 1 aliphatic carbocycles. The summed E-state index contributed by atoms with van der Waals surface area (Å²) in [5.41, 5.74) is 3.22. The normalized spacial score (nSPS) is 16.1. The number of hydrogen-bond acceptors (Lipinski definition) is 1. The van der Waals surface area contributed by atoms with Gasteiger partial charge in [-0.05, 0) is 61.3 Å². The standard InChI is InChI=1S/C17H22N2O/c1-2-12-7-8-16-13(9-12)10-14(17(20)19-16)11-18-15-5-3-4-6-15/h7-10,15,18H,2-6,11H2,1H3,(H,19,20)/p+1. The lowest BCUT2D eigenvalue weighted by atomic mass is 10.1. The van der Waals surface area contributed by atoms with E-state index in [1.165, 1.54) is 31.2 Å². The van der Waals surface area contributed by atoms with Crippen molar-refractivity contribution in [2.24, 2.45) is 0 Å². The Kier molecular flexibility index (Phi) is 3.88. The number of nitrogens with one attached hydrogen (secondary N) is 1. The van der Waals surface area contributed by atoms with Crippen LogP contribution in [0.5, 0.6) is 0 Å². The van der Waals surface area contributed by atoms with Gasteiger partial charge >= 0.3 is 0 Å². The quantitative estimate of drug-likeness (QED) is 0.879. The minimum absolute atomic E-state index is 0.0657. The van der Waals surface area contributed by atoms with Gasteiger partial charge in [0, 0.05) is 5.52 Å². The van der Waals surface area contributed by atoms with E-state index in [-0.39, 0.29) is 5.56 Å². The number of aromatic nitrogens is 1. The first kappa shape index (κ1) is 13.4. The van der Waals surface area contributed by atoms with Gasteiger partial charge in [0.25, 0.3) is 5.56 Å². The van der Waals surface area contributed by atoms with Gasteiger partial charge in [0.2, 0.25) is 0 Å². The molecule has 20 heavy (non-hydrogen) atoms. The Bertz CT molecular complexity index is 654. The first-order valence-corrected chi connectivity index (χ1v) is 7.74. The van der Waals surface area contributed by atoms with Crippen LogP contribution in [0.15, 0.2) is 29.1 Å². The fourth-order valence-electron chi connectivity index (χ4n) is 3.16. The summed E-state index contributed by atoms with van der Waals surface area (Å²) in [7, 11) is 0. The monoisotopic (exact) mass is 271 g/mol. The average Bonchev–Trinajstić information content (AvgIpc) is 2.98. The third kappa shape index (κ3) is 2.78. The lowest BCUT2D eigenvalue weighted by Crippen LogP contribution is -2.88. The summed E-state index contributed by atoms with van der Waals surface area (Å²) in [6, 6.07) is 9.07. The molecule has 0 saturated heterocycles. The minimum atomic E-state index is 0.0657. The van der Waals surface area contributed by atoms with Gasteiger partial charge in [-0.2, -0.15) is 0 Å². The molecule has 0 unspecified atom stereocenters. The lowest BCUT2D eigenvalue weighted by molar-refractivity contribution is -0.703. The van der Waals surface area contributed by atoms with Crippen molar-refractivity contribution in [1.29, 1.82) is 0 Å². The molecule has 106 valence electrons. The maximum Gasteiger partial charge on any atom is 0.257 e. The highest BCUT2D eigenvalue weighted by Gasteiger charge is 2.18. The summed E-state index contributed by atoms with van der Waals surface area (Å²) in [4.78, 5) is 15.1. The first-order chi connectivity index (χ1) is 9.76. The van der Waals surface area contributed by atoms with Gasteiger partial charge in [0.1, 0.15) is 6.54 Å². The van der Waals surface area contributed by atoms with Crippen LogP contribution in [-0.4, -0.2) is 11.0 Å². The van der Waals surface area contributed by atoms with Crippen LogP contribution in [0.4, 0.5) is 0 Å². The second-order valence-electron chi connectivity index (χ2n) is 5.88. The Labute approximate surface area is 119 Å². The Morgan fingerprint density at radius 1 is 1.25 bits per heavy atom. The van der Waals surface area contributed by atoms with Crippen molar-refractivity contribution < 1.29 is 5.32 Å². The Balaban J connectivity index is 1.85. The van der Waals surface area contributed by atoms with E-state index in [0.717, 1.165) is 29.4 Å². The summed E-state index contributed by atoms with van der Waals surface area (Å²) in [6.07, 6.45) is 6.31. The minimum Gasteiger partial charge on any atom is -0.340 e. The van der Waals surface area contributed by atoms with Crippen LogP contribution in [0.1, 0.15) is 43.7 Å².